The van der Waals surface area contributed by atoms with Crippen LogP contribution in [0, 0.1) is 6.92 Å². The highest BCUT2D eigenvalue weighted by molar-refractivity contribution is 6.30. The zero-order valence-corrected chi connectivity index (χ0v) is 17.0. The monoisotopic (exact) mass is 412 g/mol. The molecule has 150 valence electrons. The van der Waals surface area contributed by atoms with Gasteiger partial charge in [-0.25, -0.2) is 9.50 Å². The molecular formula is C19H21ClN8O. The zero-order chi connectivity index (χ0) is 20.4. The van der Waals surface area contributed by atoms with Crippen LogP contribution in [0.4, 0.5) is 0 Å². The van der Waals surface area contributed by atoms with Crippen molar-refractivity contribution in [1.82, 2.24) is 39.5 Å². The first-order valence-electron chi connectivity index (χ1n) is 9.40. The highest BCUT2D eigenvalue weighted by Crippen LogP contribution is 2.23. The van der Waals surface area contributed by atoms with Crippen molar-refractivity contribution in [2.24, 2.45) is 0 Å². The fourth-order valence-corrected chi connectivity index (χ4v) is 3.34. The first-order chi connectivity index (χ1) is 14.1. The lowest BCUT2D eigenvalue weighted by Gasteiger charge is -2.05. The largest absolute Gasteiger partial charge is 0.352 e. The van der Waals surface area contributed by atoms with E-state index in [0.717, 1.165) is 29.9 Å². The molecule has 0 aliphatic carbocycles. The summed E-state index contributed by atoms with van der Waals surface area (Å²) in [6.45, 7) is 5.96. The number of amides is 1. The molecule has 0 fully saturated rings. The van der Waals surface area contributed by atoms with Gasteiger partial charge >= 0.3 is 0 Å². The fourth-order valence-electron chi connectivity index (χ4n) is 3.19. The van der Waals surface area contributed by atoms with Gasteiger partial charge in [-0.05, 0) is 26.3 Å². The van der Waals surface area contributed by atoms with E-state index in [4.69, 9.17) is 11.6 Å². The lowest BCUT2D eigenvalue weighted by Crippen LogP contribution is -2.25. The number of carbonyl (C=O) groups is 1. The first-order valence-corrected chi connectivity index (χ1v) is 9.78. The van der Waals surface area contributed by atoms with Gasteiger partial charge in [-0.15, -0.1) is 0 Å². The standard InChI is InChI=1S/C19H21ClN8O/c1-3-26-12-16(13(2)25-26)17-5-7-21-18-15(10-24-28(17)18)19(29)22-6-4-8-27-11-14(20)9-23-27/h5,7,9-12H,3-4,6,8H2,1-2H3,(H,22,29). The van der Waals surface area contributed by atoms with E-state index in [9.17, 15) is 4.79 Å². The van der Waals surface area contributed by atoms with Crippen molar-refractivity contribution in [1.29, 1.82) is 0 Å². The third-order valence-corrected chi connectivity index (χ3v) is 4.84. The summed E-state index contributed by atoms with van der Waals surface area (Å²) in [5, 5.41) is 16.5. The summed E-state index contributed by atoms with van der Waals surface area (Å²) in [6.07, 6.45) is 9.29. The summed E-state index contributed by atoms with van der Waals surface area (Å²) in [4.78, 5) is 17.0. The molecule has 0 aromatic carbocycles. The predicted molar refractivity (Wildman–Crippen MR) is 109 cm³/mol. The lowest BCUT2D eigenvalue weighted by molar-refractivity contribution is 0.0954. The number of nitrogens with zero attached hydrogens (tertiary/aromatic N) is 7. The van der Waals surface area contributed by atoms with Crippen molar-refractivity contribution in [3.8, 4) is 11.3 Å². The Hall–Kier alpha value is -3.20. The molecule has 10 heteroatoms. The third-order valence-electron chi connectivity index (χ3n) is 4.64. The number of rotatable bonds is 7. The van der Waals surface area contributed by atoms with E-state index in [1.54, 1.807) is 34.0 Å². The van der Waals surface area contributed by atoms with E-state index in [1.807, 2.05) is 30.8 Å². The molecule has 4 aromatic heterocycles. The average molecular weight is 413 g/mol. The van der Waals surface area contributed by atoms with Crippen LogP contribution in [0.5, 0.6) is 0 Å². The van der Waals surface area contributed by atoms with Gasteiger partial charge in [0.2, 0.25) is 0 Å². The van der Waals surface area contributed by atoms with E-state index in [0.29, 0.717) is 29.3 Å². The van der Waals surface area contributed by atoms with Gasteiger partial charge in [0.1, 0.15) is 5.56 Å². The Labute approximate surface area is 172 Å². The van der Waals surface area contributed by atoms with E-state index >= 15 is 0 Å². The molecular weight excluding hydrogens is 392 g/mol. The maximum absolute atomic E-state index is 12.6. The van der Waals surface area contributed by atoms with E-state index in [2.05, 4.69) is 25.6 Å². The van der Waals surface area contributed by atoms with Gasteiger partial charge < -0.3 is 5.32 Å². The second-order valence-electron chi connectivity index (χ2n) is 6.64. The molecule has 1 amide bonds. The average Bonchev–Trinajstić information content (AvgIpc) is 3.43. The highest BCUT2D eigenvalue weighted by Gasteiger charge is 2.17. The van der Waals surface area contributed by atoms with Gasteiger partial charge in [0.25, 0.3) is 5.91 Å². The smallest absolute Gasteiger partial charge is 0.256 e. The number of hydrogen-bond acceptors (Lipinski definition) is 5. The number of aromatic nitrogens is 7. The van der Waals surface area contributed by atoms with Crippen LogP contribution < -0.4 is 5.32 Å². The molecule has 1 N–H and O–H groups in total. The van der Waals surface area contributed by atoms with Crippen LogP contribution in [-0.2, 0) is 13.1 Å². The Bertz CT molecular complexity index is 1160. The van der Waals surface area contributed by atoms with E-state index < -0.39 is 0 Å². The Kier molecular flexibility index (Phi) is 5.30. The van der Waals surface area contributed by atoms with Crippen LogP contribution in [0.1, 0.15) is 29.4 Å². The van der Waals surface area contributed by atoms with Crippen molar-refractivity contribution in [3.63, 3.8) is 0 Å². The maximum Gasteiger partial charge on any atom is 0.256 e. The molecule has 0 spiro atoms. The first kappa shape index (κ1) is 19.1. The van der Waals surface area contributed by atoms with Crippen LogP contribution in [-0.4, -0.2) is 46.6 Å². The minimum atomic E-state index is -0.205. The minimum absolute atomic E-state index is 0.205. The van der Waals surface area contributed by atoms with Crippen LogP contribution in [0.3, 0.4) is 0 Å². The molecule has 4 aromatic rings. The van der Waals surface area contributed by atoms with Crippen LogP contribution in [0.2, 0.25) is 5.02 Å². The van der Waals surface area contributed by atoms with Gasteiger partial charge in [0.15, 0.2) is 5.65 Å². The van der Waals surface area contributed by atoms with Crippen molar-refractivity contribution in [2.45, 2.75) is 33.4 Å². The Morgan fingerprint density at radius 2 is 2.07 bits per heavy atom. The number of halogens is 1. The van der Waals surface area contributed by atoms with E-state index in [1.165, 1.54) is 0 Å². The topological polar surface area (TPSA) is 94.9 Å². The van der Waals surface area contributed by atoms with Gasteiger partial charge in [-0.1, -0.05) is 11.6 Å². The molecule has 0 saturated heterocycles. The van der Waals surface area contributed by atoms with E-state index in [-0.39, 0.29) is 5.91 Å². The second-order valence-corrected chi connectivity index (χ2v) is 7.08. The molecule has 9 nitrogen and oxygen atoms in total. The number of fused-ring (bicyclic) bond motifs is 1. The summed E-state index contributed by atoms with van der Waals surface area (Å²) in [5.41, 5.74) is 3.67. The van der Waals surface area contributed by atoms with Crippen molar-refractivity contribution in [2.75, 3.05) is 6.54 Å². The summed E-state index contributed by atoms with van der Waals surface area (Å²) < 4.78 is 5.31. The lowest BCUT2D eigenvalue weighted by atomic mass is 10.2. The van der Waals surface area contributed by atoms with Gasteiger partial charge in [0.05, 0.1) is 28.8 Å². The van der Waals surface area contributed by atoms with Crippen molar-refractivity contribution in [3.05, 3.63) is 53.3 Å². The third kappa shape index (κ3) is 3.86. The fraction of sp³-hybridized carbons (Fsp3) is 0.316. The van der Waals surface area contributed by atoms with Crippen LogP contribution in [0.25, 0.3) is 16.9 Å². The van der Waals surface area contributed by atoms with Crippen LogP contribution >= 0.6 is 11.6 Å². The van der Waals surface area contributed by atoms with Gasteiger partial charge in [0, 0.05) is 43.8 Å². The van der Waals surface area contributed by atoms with Crippen LogP contribution in [0.15, 0.2) is 37.1 Å². The molecule has 0 aliphatic heterocycles. The minimum Gasteiger partial charge on any atom is -0.352 e. The number of hydrogen-bond donors (Lipinski definition) is 1. The number of carbonyl (C=O) groups excluding carboxylic acids is 1. The molecule has 0 atom stereocenters. The van der Waals surface area contributed by atoms with Gasteiger partial charge in [-0.3, -0.25) is 14.2 Å². The summed E-state index contributed by atoms with van der Waals surface area (Å²) in [7, 11) is 0. The molecule has 0 radical (unpaired) electrons. The number of nitrogens with one attached hydrogen (secondary N) is 1. The molecule has 0 bridgehead atoms. The molecule has 0 aliphatic rings. The summed E-state index contributed by atoms with van der Waals surface area (Å²) >= 11 is 5.85. The summed E-state index contributed by atoms with van der Waals surface area (Å²) in [5.74, 6) is -0.205. The molecule has 4 rings (SSSR count). The normalized spacial score (nSPS) is 11.3. The molecule has 29 heavy (non-hydrogen) atoms. The van der Waals surface area contributed by atoms with Crippen molar-refractivity contribution < 1.29 is 4.79 Å². The Morgan fingerprint density at radius 3 is 2.79 bits per heavy atom. The SMILES string of the molecule is CCn1cc(-c2ccnc3c(C(=O)NCCCn4cc(Cl)cn4)cnn23)c(C)n1. The Morgan fingerprint density at radius 1 is 1.21 bits per heavy atom. The van der Waals surface area contributed by atoms with Crippen molar-refractivity contribution >= 4 is 23.2 Å². The molecule has 0 unspecified atom stereocenters. The molecule has 0 saturated carbocycles. The maximum atomic E-state index is 12.6. The van der Waals surface area contributed by atoms with Gasteiger partial charge in [-0.2, -0.15) is 15.3 Å². The summed E-state index contributed by atoms with van der Waals surface area (Å²) in [6, 6.07) is 1.88. The molecule has 4 heterocycles. The Balaban J connectivity index is 1.49. The predicted octanol–water partition coefficient (Wildman–Crippen LogP) is 2.59. The highest BCUT2D eigenvalue weighted by atomic mass is 35.5. The zero-order valence-electron chi connectivity index (χ0n) is 16.2. The second kappa shape index (κ2) is 8.04. The number of aryl methyl sites for hydroxylation is 3. The quantitative estimate of drug-likeness (QED) is 0.471.